The molecule has 0 unspecified atom stereocenters. The molecular formula is C25H26N2O5S. The van der Waals surface area contributed by atoms with Gasteiger partial charge in [-0.2, -0.15) is 0 Å². The number of carbonyl (C=O) groups is 1. The van der Waals surface area contributed by atoms with Crippen molar-refractivity contribution in [2.24, 2.45) is 0 Å². The van der Waals surface area contributed by atoms with Gasteiger partial charge in [-0.15, -0.1) is 0 Å². The SMILES string of the molecule is Cc1ccc(-c2ccc3c(n2)C(C)(C)CN3S(=O)(=O)c2ccc(OCC(=O)O)c(C)c2)cc1. The molecule has 2 aromatic carbocycles. The van der Waals surface area contributed by atoms with E-state index in [0.29, 0.717) is 17.0 Å². The van der Waals surface area contributed by atoms with Crippen molar-refractivity contribution in [3.63, 3.8) is 0 Å². The second-order valence-corrected chi connectivity index (χ2v) is 10.8. The van der Waals surface area contributed by atoms with E-state index in [1.807, 2.05) is 57.2 Å². The average molecular weight is 467 g/mol. The van der Waals surface area contributed by atoms with Crippen LogP contribution in [0.2, 0.25) is 0 Å². The summed E-state index contributed by atoms with van der Waals surface area (Å²) in [6.07, 6.45) is 0. The van der Waals surface area contributed by atoms with Crippen LogP contribution in [0.4, 0.5) is 5.69 Å². The number of aryl methyl sites for hydroxylation is 2. The molecule has 0 radical (unpaired) electrons. The molecule has 0 bridgehead atoms. The highest BCUT2D eigenvalue weighted by molar-refractivity contribution is 7.92. The quantitative estimate of drug-likeness (QED) is 0.581. The van der Waals surface area contributed by atoms with Crippen molar-refractivity contribution < 1.29 is 23.1 Å². The zero-order valence-electron chi connectivity index (χ0n) is 19.0. The van der Waals surface area contributed by atoms with Crippen molar-refractivity contribution in [1.29, 1.82) is 0 Å². The Bertz CT molecular complexity index is 1330. The van der Waals surface area contributed by atoms with E-state index in [4.69, 9.17) is 14.8 Å². The molecule has 7 nitrogen and oxygen atoms in total. The van der Waals surface area contributed by atoms with Crippen molar-refractivity contribution >= 4 is 21.7 Å². The maximum atomic E-state index is 13.6. The van der Waals surface area contributed by atoms with Crippen LogP contribution in [0.1, 0.15) is 30.7 Å². The summed E-state index contributed by atoms with van der Waals surface area (Å²) in [5, 5.41) is 8.81. The van der Waals surface area contributed by atoms with E-state index < -0.39 is 28.0 Å². The topological polar surface area (TPSA) is 96.8 Å². The second kappa shape index (κ2) is 8.19. The number of rotatable bonds is 6. The van der Waals surface area contributed by atoms with Crippen molar-refractivity contribution in [3.8, 4) is 17.0 Å². The summed E-state index contributed by atoms with van der Waals surface area (Å²) in [7, 11) is -3.86. The summed E-state index contributed by atoms with van der Waals surface area (Å²) in [5.74, 6) is -0.762. The fourth-order valence-electron chi connectivity index (χ4n) is 3.98. The number of anilines is 1. The minimum atomic E-state index is -3.86. The molecule has 3 aromatic rings. The van der Waals surface area contributed by atoms with Gasteiger partial charge in [-0.05, 0) is 49.7 Å². The number of ether oxygens (including phenoxy) is 1. The predicted molar refractivity (Wildman–Crippen MR) is 126 cm³/mol. The summed E-state index contributed by atoms with van der Waals surface area (Å²) in [6, 6.07) is 16.2. The Kier molecular flexibility index (Phi) is 5.66. The van der Waals surface area contributed by atoms with Gasteiger partial charge in [0.2, 0.25) is 0 Å². The smallest absolute Gasteiger partial charge is 0.341 e. The lowest BCUT2D eigenvalue weighted by Gasteiger charge is -2.22. The number of hydrogen-bond donors (Lipinski definition) is 1. The fraction of sp³-hybridized carbons (Fsp3) is 0.280. The van der Waals surface area contributed by atoms with Gasteiger partial charge in [-0.1, -0.05) is 43.7 Å². The summed E-state index contributed by atoms with van der Waals surface area (Å²) in [5.41, 5.74) is 4.32. The van der Waals surface area contributed by atoms with E-state index in [0.717, 1.165) is 22.5 Å². The lowest BCUT2D eigenvalue weighted by atomic mass is 9.91. The molecule has 1 aliphatic heterocycles. The number of carboxylic acid groups (broad SMARTS) is 1. The summed E-state index contributed by atoms with van der Waals surface area (Å²) >= 11 is 0. The first-order valence-electron chi connectivity index (χ1n) is 10.6. The number of pyridine rings is 1. The average Bonchev–Trinajstić information content (AvgIpc) is 3.04. The monoisotopic (exact) mass is 466 g/mol. The van der Waals surface area contributed by atoms with Gasteiger partial charge < -0.3 is 9.84 Å². The zero-order chi connectivity index (χ0) is 24.0. The van der Waals surface area contributed by atoms with Gasteiger partial charge in [0.25, 0.3) is 10.0 Å². The third-order valence-electron chi connectivity index (χ3n) is 5.76. The molecule has 172 valence electrons. The number of aliphatic carboxylic acids is 1. The molecule has 8 heteroatoms. The number of aromatic nitrogens is 1. The first-order chi connectivity index (χ1) is 15.5. The largest absolute Gasteiger partial charge is 0.482 e. The molecule has 1 aromatic heterocycles. The van der Waals surface area contributed by atoms with E-state index >= 15 is 0 Å². The number of benzene rings is 2. The van der Waals surface area contributed by atoms with Gasteiger partial charge in [0.1, 0.15) is 5.75 Å². The lowest BCUT2D eigenvalue weighted by Crippen LogP contribution is -2.34. The highest BCUT2D eigenvalue weighted by Gasteiger charge is 2.42. The van der Waals surface area contributed by atoms with Gasteiger partial charge in [-0.3, -0.25) is 4.31 Å². The fourth-order valence-corrected chi connectivity index (χ4v) is 5.70. The van der Waals surface area contributed by atoms with E-state index in [9.17, 15) is 13.2 Å². The highest BCUT2D eigenvalue weighted by Crippen LogP contribution is 2.43. The number of fused-ring (bicyclic) bond motifs is 1. The molecule has 33 heavy (non-hydrogen) atoms. The summed E-state index contributed by atoms with van der Waals surface area (Å²) in [6.45, 7) is 7.47. The Balaban J connectivity index is 1.70. The molecule has 0 aliphatic carbocycles. The van der Waals surface area contributed by atoms with Gasteiger partial charge >= 0.3 is 5.97 Å². The molecule has 0 atom stereocenters. The van der Waals surface area contributed by atoms with Crippen LogP contribution in [0, 0.1) is 13.8 Å². The summed E-state index contributed by atoms with van der Waals surface area (Å²) in [4.78, 5) is 15.7. The first-order valence-corrected chi connectivity index (χ1v) is 12.0. The Hall–Kier alpha value is -3.39. The van der Waals surface area contributed by atoms with Gasteiger partial charge in [0.05, 0.1) is 22.0 Å². The van der Waals surface area contributed by atoms with Crippen LogP contribution >= 0.6 is 0 Å². The molecule has 2 heterocycles. The van der Waals surface area contributed by atoms with E-state index in [2.05, 4.69) is 0 Å². The van der Waals surface area contributed by atoms with Crippen LogP contribution in [-0.4, -0.2) is 37.6 Å². The van der Waals surface area contributed by atoms with Crippen molar-refractivity contribution in [2.75, 3.05) is 17.5 Å². The lowest BCUT2D eigenvalue weighted by molar-refractivity contribution is -0.139. The van der Waals surface area contributed by atoms with Crippen LogP contribution in [0.15, 0.2) is 59.5 Å². The van der Waals surface area contributed by atoms with Crippen LogP contribution in [0.5, 0.6) is 5.75 Å². The standard InChI is InChI=1S/C25H26N2O5S/c1-16-5-7-18(8-6-16)20-10-11-21-24(26-20)25(3,4)15-27(21)33(30,31)19-9-12-22(17(2)13-19)32-14-23(28)29/h5-13H,14-15H2,1-4H3,(H,28,29). The van der Waals surface area contributed by atoms with Gasteiger partial charge in [-0.25, -0.2) is 18.2 Å². The molecule has 1 aliphatic rings. The molecular weight excluding hydrogens is 440 g/mol. The first kappa shape index (κ1) is 22.8. The molecule has 0 saturated carbocycles. The molecule has 0 fully saturated rings. The maximum absolute atomic E-state index is 13.6. The predicted octanol–water partition coefficient (Wildman–Crippen LogP) is 4.32. The molecule has 0 spiro atoms. The Morgan fingerprint density at radius 2 is 1.79 bits per heavy atom. The maximum Gasteiger partial charge on any atom is 0.341 e. The van der Waals surface area contributed by atoms with Crippen LogP contribution in [0.3, 0.4) is 0 Å². The number of carboxylic acids is 1. The van der Waals surface area contributed by atoms with E-state index in [1.54, 1.807) is 6.92 Å². The third kappa shape index (κ3) is 4.30. The second-order valence-electron chi connectivity index (χ2n) is 8.94. The minimum absolute atomic E-state index is 0.119. The number of nitrogens with zero attached hydrogens (tertiary/aromatic N) is 2. The molecule has 4 rings (SSSR count). The van der Waals surface area contributed by atoms with Crippen molar-refractivity contribution in [1.82, 2.24) is 4.98 Å². The van der Waals surface area contributed by atoms with Gasteiger partial charge in [0, 0.05) is 17.5 Å². The van der Waals surface area contributed by atoms with Crippen molar-refractivity contribution in [2.45, 2.75) is 38.0 Å². The normalized spacial score (nSPS) is 14.7. The van der Waals surface area contributed by atoms with Crippen LogP contribution in [-0.2, 0) is 20.2 Å². The van der Waals surface area contributed by atoms with Crippen LogP contribution in [0.25, 0.3) is 11.3 Å². The Morgan fingerprint density at radius 1 is 1.09 bits per heavy atom. The van der Waals surface area contributed by atoms with Gasteiger partial charge in [0.15, 0.2) is 6.61 Å². The zero-order valence-corrected chi connectivity index (χ0v) is 19.8. The molecule has 0 amide bonds. The molecule has 0 saturated heterocycles. The number of hydrogen-bond acceptors (Lipinski definition) is 5. The minimum Gasteiger partial charge on any atom is -0.482 e. The highest BCUT2D eigenvalue weighted by atomic mass is 32.2. The number of sulfonamides is 1. The molecule has 1 N–H and O–H groups in total. The van der Waals surface area contributed by atoms with Crippen LogP contribution < -0.4 is 9.04 Å². The van der Waals surface area contributed by atoms with Crippen molar-refractivity contribution in [3.05, 3.63) is 71.4 Å². The van der Waals surface area contributed by atoms with E-state index in [1.165, 1.54) is 22.5 Å². The van der Waals surface area contributed by atoms with E-state index in [-0.39, 0.29) is 11.4 Å². The third-order valence-corrected chi connectivity index (χ3v) is 7.51. The Labute approximate surface area is 193 Å². The summed E-state index contributed by atoms with van der Waals surface area (Å²) < 4.78 is 33.8. The Morgan fingerprint density at radius 3 is 2.42 bits per heavy atom.